The number of hydrogen-bond acceptors (Lipinski definition) is 4. The van der Waals surface area contributed by atoms with Crippen LogP contribution in [0.3, 0.4) is 0 Å². The Labute approximate surface area is 121 Å². The minimum absolute atomic E-state index is 0.114. The molecule has 0 unspecified atom stereocenters. The van der Waals surface area contributed by atoms with Gasteiger partial charge in [-0.25, -0.2) is 10.4 Å². The highest BCUT2D eigenvalue weighted by Gasteiger charge is 2.00. The van der Waals surface area contributed by atoms with Crippen LogP contribution in [-0.4, -0.2) is 28.2 Å². The first-order chi connectivity index (χ1) is 9.65. The largest absolute Gasteiger partial charge is 0.376 e. The normalized spacial score (nSPS) is 10.7. The fourth-order valence-corrected chi connectivity index (χ4v) is 1.67. The maximum Gasteiger partial charge on any atom is 0.259 e. The minimum atomic E-state index is -0.247. The molecule has 2 N–H and O–H groups in total. The van der Waals surface area contributed by atoms with E-state index in [4.69, 9.17) is 11.6 Å². The summed E-state index contributed by atoms with van der Waals surface area (Å²) in [4.78, 5) is 15.5. The van der Waals surface area contributed by atoms with E-state index >= 15 is 0 Å². The molecule has 1 heterocycles. The first kappa shape index (κ1) is 14.1. The molecule has 0 aliphatic carbocycles. The summed E-state index contributed by atoms with van der Waals surface area (Å²) in [6.07, 6.45) is 4.84. The molecule has 0 saturated carbocycles. The molecule has 0 aliphatic rings. The predicted octanol–water partition coefficient (Wildman–Crippen LogP) is 1.64. The zero-order chi connectivity index (χ0) is 14.4. The number of nitrogens with one attached hydrogen (secondary N) is 2. The minimum Gasteiger partial charge on any atom is -0.376 e. The average molecular weight is 292 g/mol. The van der Waals surface area contributed by atoms with E-state index in [9.17, 15) is 4.79 Å². The lowest BCUT2D eigenvalue weighted by molar-refractivity contribution is -0.119. The number of imidazole rings is 1. The Morgan fingerprint density at radius 3 is 3.10 bits per heavy atom. The molecule has 7 heteroatoms. The Hall–Kier alpha value is -2.34. The summed E-state index contributed by atoms with van der Waals surface area (Å²) in [7, 11) is 1.84. The summed E-state index contributed by atoms with van der Waals surface area (Å²) < 4.78 is 1.79. The molecule has 0 saturated heterocycles. The second-order valence-corrected chi connectivity index (χ2v) is 4.52. The van der Waals surface area contributed by atoms with Crippen LogP contribution in [0.1, 0.15) is 5.69 Å². The number of hydrogen-bond donors (Lipinski definition) is 2. The maximum absolute atomic E-state index is 11.6. The second-order valence-electron chi connectivity index (χ2n) is 4.09. The fourth-order valence-electron chi connectivity index (χ4n) is 1.48. The number of rotatable bonds is 5. The number of hydrazone groups is 1. The smallest absolute Gasteiger partial charge is 0.259 e. The van der Waals surface area contributed by atoms with Gasteiger partial charge in [-0.05, 0) is 18.2 Å². The summed E-state index contributed by atoms with van der Waals surface area (Å²) in [5.41, 5.74) is 4.01. The van der Waals surface area contributed by atoms with Crippen molar-refractivity contribution < 1.29 is 4.79 Å². The molecule has 0 bridgehead atoms. The van der Waals surface area contributed by atoms with Gasteiger partial charge in [0.25, 0.3) is 5.91 Å². The number of nitrogens with zero attached hydrogens (tertiary/aromatic N) is 3. The highest BCUT2D eigenvalue weighted by molar-refractivity contribution is 6.30. The van der Waals surface area contributed by atoms with Crippen molar-refractivity contribution in [3.8, 4) is 0 Å². The van der Waals surface area contributed by atoms with Crippen molar-refractivity contribution >= 4 is 29.4 Å². The SMILES string of the molecule is Cn1cncc1C=NNC(=O)CNc1cccc(Cl)c1. The predicted molar refractivity (Wildman–Crippen MR) is 78.9 cm³/mol. The summed E-state index contributed by atoms with van der Waals surface area (Å²) in [5.74, 6) is -0.247. The molecule has 1 aromatic carbocycles. The third-order valence-electron chi connectivity index (χ3n) is 2.52. The molecule has 0 spiro atoms. The Morgan fingerprint density at radius 2 is 2.40 bits per heavy atom. The highest BCUT2D eigenvalue weighted by Crippen LogP contribution is 2.14. The Kier molecular flexibility index (Phi) is 4.73. The monoisotopic (exact) mass is 291 g/mol. The molecule has 20 heavy (non-hydrogen) atoms. The van der Waals surface area contributed by atoms with Gasteiger partial charge in [-0.1, -0.05) is 17.7 Å². The lowest BCUT2D eigenvalue weighted by atomic mass is 10.3. The molecule has 0 radical (unpaired) electrons. The summed E-state index contributed by atoms with van der Waals surface area (Å²) in [6, 6.07) is 7.15. The van der Waals surface area contributed by atoms with Gasteiger partial charge in [-0.2, -0.15) is 5.10 Å². The van der Waals surface area contributed by atoms with Gasteiger partial charge >= 0.3 is 0 Å². The van der Waals surface area contributed by atoms with Crippen LogP contribution in [0.25, 0.3) is 0 Å². The summed E-state index contributed by atoms with van der Waals surface area (Å²) in [5, 5.41) is 7.42. The molecule has 2 aromatic rings. The fraction of sp³-hybridized carbons (Fsp3) is 0.154. The van der Waals surface area contributed by atoms with E-state index in [0.29, 0.717) is 5.02 Å². The molecular weight excluding hydrogens is 278 g/mol. The highest BCUT2D eigenvalue weighted by atomic mass is 35.5. The van der Waals surface area contributed by atoms with Crippen LogP contribution >= 0.6 is 11.6 Å². The van der Waals surface area contributed by atoms with Gasteiger partial charge in [0.15, 0.2) is 0 Å². The Balaban J connectivity index is 1.79. The molecule has 104 valence electrons. The number of anilines is 1. The molecule has 1 aromatic heterocycles. The molecule has 0 fully saturated rings. The van der Waals surface area contributed by atoms with Gasteiger partial charge in [0.05, 0.1) is 31.0 Å². The number of amides is 1. The number of aromatic nitrogens is 2. The van der Waals surface area contributed by atoms with Gasteiger partial charge in [-0.3, -0.25) is 4.79 Å². The van der Waals surface area contributed by atoms with Crippen LogP contribution in [-0.2, 0) is 11.8 Å². The third kappa shape index (κ3) is 4.10. The molecular formula is C13H14ClN5O. The van der Waals surface area contributed by atoms with Crippen LogP contribution < -0.4 is 10.7 Å². The van der Waals surface area contributed by atoms with Crippen LogP contribution in [0.2, 0.25) is 5.02 Å². The molecule has 6 nitrogen and oxygen atoms in total. The average Bonchev–Trinajstić information content (AvgIpc) is 2.82. The van der Waals surface area contributed by atoms with Crippen LogP contribution in [0.4, 0.5) is 5.69 Å². The molecule has 1 amide bonds. The number of benzene rings is 1. The summed E-state index contributed by atoms with van der Waals surface area (Å²) in [6.45, 7) is 0.114. The first-order valence-corrected chi connectivity index (χ1v) is 6.30. The van der Waals surface area contributed by atoms with Crippen molar-refractivity contribution in [2.75, 3.05) is 11.9 Å². The van der Waals surface area contributed by atoms with Gasteiger partial charge in [0.1, 0.15) is 0 Å². The van der Waals surface area contributed by atoms with Crippen molar-refractivity contribution in [2.45, 2.75) is 0 Å². The molecule has 2 rings (SSSR count). The van der Waals surface area contributed by atoms with Gasteiger partial charge < -0.3 is 9.88 Å². The topological polar surface area (TPSA) is 71.3 Å². The lowest BCUT2D eigenvalue weighted by Gasteiger charge is -2.05. The van der Waals surface area contributed by atoms with Crippen molar-refractivity contribution in [1.82, 2.24) is 15.0 Å². The van der Waals surface area contributed by atoms with E-state index < -0.39 is 0 Å². The zero-order valence-electron chi connectivity index (χ0n) is 10.9. The van der Waals surface area contributed by atoms with Gasteiger partial charge in [-0.15, -0.1) is 0 Å². The number of aryl methyl sites for hydroxylation is 1. The van der Waals surface area contributed by atoms with E-state index in [-0.39, 0.29) is 12.5 Å². The van der Waals surface area contributed by atoms with Crippen molar-refractivity contribution in [3.05, 3.63) is 47.5 Å². The van der Waals surface area contributed by atoms with Gasteiger partial charge in [0, 0.05) is 17.8 Å². The molecule has 0 atom stereocenters. The Bertz CT molecular complexity index is 623. The first-order valence-electron chi connectivity index (χ1n) is 5.93. The molecule has 0 aliphatic heterocycles. The lowest BCUT2D eigenvalue weighted by Crippen LogP contribution is -2.25. The van der Waals surface area contributed by atoms with E-state index in [2.05, 4.69) is 20.8 Å². The van der Waals surface area contributed by atoms with Gasteiger partial charge in [0.2, 0.25) is 0 Å². The van der Waals surface area contributed by atoms with Crippen LogP contribution in [0.5, 0.6) is 0 Å². The second kappa shape index (κ2) is 6.72. The maximum atomic E-state index is 11.6. The zero-order valence-corrected chi connectivity index (χ0v) is 11.6. The number of halogens is 1. The van der Waals surface area contributed by atoms with Crippen molar-refractivity contribution in [2.24, 2.45) is 12.1 Å². The van der Waals surface area contributed by atoms with Crippen molar-refractivity contribution in [1.29, 1.82) is 0 Å². The van der Waals surface area contributed by atoms with Crippen LogP contribution in [0.15, 0.2) is 41.9 Å². The van der Waals surface area contributed by atoms with E-state index in [1.807, 2.05) is 19.2 Å². The number of carbonyl (C=O) groups is 1. The van der Waals surface area contributed by atoms with E-state index in [1.54, 1.807) is 29.2 Å². The number of carbonyl (C=O) groups excluding carboxylic acids is 1. The van der Waals surface area contributed by atoms with Crippen molar-refractivity contribution in [3.63, 3.8) is 0 Å². The van der Waals surface area contributed by atoms with E-state index in [0.717, 1.165) is 11.4 Å². The van der Waals surface area contributed by atoms with E-state index in [1.165, 1.54) is 6.21 Å². The van der Waals surface area contributed by atoms with Crippen LogP contribution in [0, 0.1) is 0 Å². The standard InChI is InChI=1S/C13H14ClN5O/c1-19-9-15-6-12(19)7-17-18-13(20)8-16-11-4-2-3-10(14)5-11/h2-7,9,16H,8H2,1H3,(H,18,20). The third-order valence-corrected chi connectivity index (χ3v) is 2.75. The quantitative estimate of drug-likeness (QED) is 0.650. The Morgan fingerprint density at radius 1 is 1.55 bits per heavy atom. The summed E-state index contributed by atoms with van der Waals surface area (Å²) >= 11 is 5.84.